The molecular formula is C16H24N2. The van der Waals surface area contributed by atoms with Crippen LogP contribution in [0.1, 0.15) is 30.9 Å². The Labute approximate surface area is 110 Å². The summed E-state index contributed by atoms with van der Waals surface area (Å²) in [6.07, 6.45) is 5.12. The van der Waals surface area contributed by atoms with Crippen molar-refractivity contribution >= 4 is 0 Å². The molecule has 1 aromatic rings. The lowest BCUT2D eigenvalue weighted by molar-refractivity contribution is 0.103. The molecule has 18 heavy (non-hydrogen) atoms. The zero-order chi connectivity index (χ0) is 12.6. The van der Waals surface area contributed by atoms with Crippen LogP contribution in [0.3, 0.4) is 0 Å². The van der Waals surface area contributed by atoms with E-state index in [0.717, 1.165) is 31.8 Å². The zero-order valence-electron chi connectivity index (χ0n) is 11.4. The van der Waals surface area contributed by atoms with Crippen LogP contribution < -0.4 is 5.73 Å². The summed E-state index contributed by atoms with van der Waals surface area (Å²) in [7, 11) is 0. The standard InChI is InChI=1S/C16H24N2/c1-2-18(11-13-7-8-13)16(12-17)9-14-5-3-4-6-15(14)10-16/h3-6,13H,2,7-12,17H2,1H3. The van der Waals surface area contributed by atoms with E-state index in [1.807, 2.05) is 0 Å². The van der Waals surface area contributed by atoms with Gasteiger partial charge in [0.25, 0.3) is 0 Å². The molecule has 0 bridgehead atoms. The van der Waals surface area contributed by atoms with Crippen LogP contribution in [0.2, 0.25) is 0 Å². The lowest BCUT2D eigenvalue weighted by Crippen LogP contribution is -2.55. The van der Waals surface area contributed by atoms with Gasteiger partial charge in [0.05, 0.1) is 0 Å². The van der Waals surface area contributed by atoms with E-state index in [0.29, 0.717) is 0 Å². The molecule has 2 heteroatoms. The van der Waals surface area contributed by atoms with Crippen LogP contribution in [0.15, 0.2) is 24.3 Å². The summed E-state index contributed by atoms with van der Waals surface area (Å²) >= 11 is 0. The van der Waals surface area contributed by atoms with Crippen molar-refractivity contribution < 1.29 is 0 Å². The molecule has 3 rings (SSSR count). The van der Waals surface area contributed by atoms with Gasteiger partial charge in [-0.2, -0.15) is 0 Å². The van der Waals surface area contributed by atoms with E-state index in [2.05, 4.69) is 36.1 Å². The second-order valence-electron chi connectivity index (χ2n) is 6.03. The Bertz CT molecular complexity index is 398. The molecule has 98 valence electrons. The Kier molecular flexibility index (Phi) is 3.16. The van der Waals surface area contributed by atoms with Crippen molar-refractivity contribution in [3.8, 4) is 0 Å². The first-order valence-corrected chi connectivity index (χ1v) is 7.29. The fourth-order valence-electron chi connectivity index (χ4n) is 3.44. The SMILES string of the molecule is CCN(CC1CC1)C1(CN)Cc2ccccc2C1. The van der Waals surface area contributed by atoms with Gasteiger partial charge in [-0.15, -0.1) is 0 Å². The molecule has 2 aliphatic carbocycles. The first kappa shape index (κ1) is 12.2. The van der Waals surface area contributed by atoms with Crippen molar-refractivity contribution in [3.63, 3.8) is 0 Å². The highest BCUT2D eigenvalue weighted by Crippen LogP contribution is 2.37. The Morgan fingerprint density at radius 3 is 2.28 bits per heavy atom. The van der Waals surface area contributed by atoms with Gasteiger partial charge in [-0.25, -0.2) is 0 Å². The van der Waals surface area contributed by atoms with Crippen molar-refractivity contribution in [2.45, 2.75) is 38.1 Å². The first-order chi connectivity index (χ1) is 8.77. The summed E-state index contributed by atoms with van der Waals surface area (Å²) in [5, 5.41) is 0. The highest BCUT2D eigenvalue weighted by molar-refractivity contribution is 5.36. The van der Waals surface area contributed by atoms with Crippen molar-refractivity contribution in [2.24, 2.45) is 11.7 Å². The minimum Gasteiger partial charge on any atom is -0.329 e. The van der Waals surface area contributed by atoms with Gasteiger partial charge < -0.3 is 5.73 Å². The van der Waals surface area contributed by atoms with Gasteiger partial charge in [0, 0.05) is 18.6 Å². The highest BCUT2D eigenvalue weighted by atomic mass is 15.2. The number of benzene rings is 1. The summed E-state index contributed by atoms with van der Waals surface area (Å²) in [5.74, 6) is 0.942. The van der Waals surface area contributed by atoms with E-state index >= 15 is 0 Å². The van der Waals surface area contributed by atoms with Gasteiger partial charge in [-0.1, -0.05) is 31.2 Å². The smallest absolute Gasteiger partial charge is 0.0412 e. The largest absolute Gasteiger partial charge is 0.329 e. The number of nitrogens with two attached hydrogens (primary N) is 1. The number of hydrogen-bond donors (Lipinski definition) is 1. The van der Waals surface area contributed by atoms with Crippen LogP contribution in [0.25, 0.3) is 0 Å². The number of hydrogen-bond acceptors (Lipinski definition) is 2. The summed E-state index contributed by atoms with van der Waals surface area (Å²) in [4.78, 5) is 2.66. The fourth-order valence-corrected chi connectivity index (χ4v) is 3.44. The quantitative estimate of drug-likeness (QED) is 0.860. The number of rotatable bonds is 5. The molecule has 0 aromatic heterocycles. The molecule has 0 unspecified atom stereocenters. The van der Waals surface area contributed by atoms with E-state index in [1.165, 1.54) is 30.5 Å². The number of nitrogens with zero attached hydrogens (tertiary/aromatic N) is 1. The van der Waals surface area contributed by atoms with Crippen LogP contribution in [0.5, 0.6) is 0 Å². The Balaban J connectivity index is 1.83. The molecule has 0 heterocycles. The van der Waals surface area contributed by atoms with Gasteiger partial charge in [0.15, 0.2) is 0 Å². The topological polar surface area (TPSA) is 29.3 Å². The average Bonchev–Trinajstić information content (AvgIpc) is 3.14. The molecule has 2 aliphatic rings. The van der Waals surface area contributed by atoms with Crippen LogP contribution in [-0.2, 0) is 12.8 Å². The molecule has 0 aliphatic heterocycles. The molecule has 0 atom stereocenters. The second-order valence-corrected chi connectivity index (χ2v) is 6.03. The van der Waals surface area contributed by atoms with Gasteiger partial charge in [-0.05, 0) is 49.3 Å². The zero-order valence-corrected chi connectivity index (χ0v) is 11.4. The third-order valence-electron chi connectivity index (χ3n) is 4.77. The Morgan fingerprint density at radius 2 is 1.83 bits per heavy atom. The van der Waals surface area contributed by atoms with E-state index < -0.39 is 0 Å². The Morgan fingerprint density at radius 1 is 1.22 bits per heavy atom. The van der Waals surface area contributed by atoms with E-state index in [1.54, 1.807) is 0 Å². The lowest BCUT2D eigenvalue weighted by Gasteiger charge is -2.40. The predicted molar refractivity (Wildman–Crippen MR) is 75.6 cm³/mol. The van der Waals surface area contributed by atoms with Gasteiger partial charge in [0.1, 0.15) is 0 Å². The molecule has 2 nitrogen and oxygen atoms in total. The lowest BCUT2D eigenvalue weighted by atomic mass is 9.92. The van der Waals surface area contributed by atoms with Crippen LogP contribution in [0, 0.1) is 5.92 Å². The number of likely N-dealkylation sites (N-methyl/N-ethyl adjacent to an activating group) is 1. The van der Waals surface area contributed by atoms with Crippen molar-refractivity contribution in [1.29, 1.82) is 0 Å². The molecule has 0 saturated heterocycles. The van der Waals surface area contributed by atoms with Crippen LogP contribution >= 0.6 is 0 Å². The number of fused-ring (bicyclic) bond motifs is 1. The molecule has 0 radical (unpaired) electrons. The normalized spacial score (nSPS) is 21.3. The van der Waals surface area contributed by atoms with Crippen molar-refractivity contribution in [3.05, 3.63) is 35.4 Å². The van der Waals surface area contributed by atoms with Crippen molar-refractivity contribution in [2.75, 3.05) is 19.6 Å². The van der Waals surface area contributed by atoms with Crippen molar-refractivity contribution in [1.82, 2.24) is 4.90 Å². The molecule has 0 spiro atoms. The summed E-state index contributed by atoms with van der Waals surface area (Å²) in [6.45, 7) is 5.44. The second kappa shape index (κ2) is 4.67. The van der Waals surface area contributed by atoms with Gasteiger partial charge in [-0.3, -0.25) is 4.90 Å². The molecule has 2 N–H and O–H groups in total. The third-order valence-corrected chi connectivity index (χ3v) is 4.77. The van der Waals surface area contributed by atoms with Gasteiger partial charge in [0.2, 0.25) is 0 Å². The maximum Gasteiger partial charge on any atom is 0.0412 e. The molecule has 1 aromatic carbocycles. The van der Waals surface area contributed by atoms with Gasteiger partial charge >= 0.3 is 0 Å². The molecular weight excluding hydrogens is 220 g/mol. The average molecular weight is 244 g/mol. The van der Waals surface area contributed by atoms with Crippen LogP contribution in [0.4, 0.5) is 0 Å². The minimum atomic E-state index is 0.195. The summed E-state index contributed by atoms with van der Waals surface area (Å²) < 4.78 is 0. The monoisotopic (exact) mass is 244 g/mol. The minimum absolute atomic E-state index is 0.195. The molecule has 1 saturated carbocycles. The maximum atomic E-state index is 6.18. The Hall–Kier alpha value is -0.860. The molecule has 0 amide bonds. The maximum absolute atomic E-state index is 6.18. The fraction of sp³-hybridized carbons (Fsp3) is 0.625. The third kappa shape index (κ3) is 2.08. The van der Waals surface area contributed by atoms with E-state index in [9.17, 15) is 0 Å². The van der Waals surface area contributed by atoms with E-state index in [-0.39, 0.29) is 5.54 Å². The van der Waals surface area contributed by atoms with Crippen LogP contribution in [-0.4, -0.2) is 30.1 Å². The molecule has 1 fully saturated rings. The highest BCUT2D eigenvalue weighted by Gasteiger charge is 2.42. The summed E-state index contributed by atoms with van der Waals surface area (Å²) in [6, 6.07) is 8.86. The van der Waals surface area contributed by atoms with E-state index in [4.69, 9.17) is 5.73 Å². The first-order valence-electron chi connectivity index (χ1n) is 7.29. The predicted octanol–water partition coefficient (Wildman–Crippen LogP) is 2.21. The summed E-state index contributed by atoms with van der Waals surface area (Å²) in [5.41, 5.74) is 9.40.